The van der Waals surface area contributed by atoms with Crippen molar-refractivity contribution in [1.29, 1.82) is 10.5 Å². The molecule has 0 aliphatic heterocycles. The minimum absolute atomic E-state index is 0.0724. The van der Waals surface area contributed by atoms with Crippen molar-refractivity contribution in [2.24, 2.45) is 0 Å². The van der Waals surface area contributed by atoms with Crippen LogP contribution >= 0.6 is 31.9 Å². The molecule has 0 spiro atoms. The van der Waals surface area contributed by atoms with Gasteiger partial charge in [-0.05, 0) is 55.0 Å². The molecule has 2 aromatic carbocycles. The Balaban J connectivity index is 2.32. The van der Waals surface area contributed by atoms with E-state index in [0.29, 0.717) is 33.8 Å². The van der Waals surface area contributed by atoms with Gasteiger partial charge in [-0.2, -0.15) is 10.5 Å². The average Bonchev–Trinajstić information content (AvgIpc) is 2.68. The van der Waals surface area contributed by atoms with E-state index in [0.717, 1.165) is 4.47 Å². The first-order valence-electron chi connectivity index (χ1n) is 8.13. The summed E-state index contributed by atoms with van der Waals surface area (Å²) in [4.78, 5) is 12.4. The molecular formula is C20H15Br2N3O3. The number of nitriles is 2. The molecule has 1 N–H and O–H groups in total. The molecule has 1 amide bonds. The number of halogens is 2. The Labute approximate surface area is 179 Å². The van der Waals surface area contributed by atoms with Gasteiger partial charge in [-0.3, -0.25) is 4.79 Å². The number of nitrogens with zero attached hydrogens (tertiary/aromatic N) is 2. The predicted molar refractivity (Wildman–Crippen MR) is 113 cm³/mol. The van der Waals surface area contributed by atoms with Gasteiger partial charge in [0.05, 0.1) is 6.61 Å². The number of ether oxygens (including phenoxy) is 2. The van der Waals surface area contributed by atoms with Crippen LogP contribution < -0.4 is 14.8 Å². The lowest BCUT2D eigenvalue weighted by atomic mass is 10.1. The van der Waals surface area contributed by atoms with Crippen molar-refractivity contribution in [3.05, 3.63) is 56.5 Å². The molecule has 0 aliphatic rings. The van der Waals surface area contributed by atoms with E-state index in [1.165, 1.54) is 6.08 Å². The molecule has 6 nitrogen and oxygen atoms in total. The third kappa shape index (κ3) is 5.85. The maximum atomic E-state index is 12.4. The summed E-state index contributed by atoms with van der Waals surface area (Å²) >= 11 is 6.72. The van der Waals surface area contributed by atoms with Gasteiger partial charge in [0.25, 0.3) is 5.91 Å². The molecule has 142 valence electrons. The largest absolute Gasteiger partial charge is 0.490 e. The minimum Gasteiger partial charge on any atom is -0.490 e. The molecule has 0 saturated carbocycles. The zero-order valence-corrected chi connectivity index (χ0v) is 18.0. The van der Waals surface area contributed by atoms with Gasteiger partial charge in [-0.15, -0.1) is 0 Å². The van der Waals surface area contributed by atoms with Crippen molar-refractivity contribution in [1.82, 2.24) is 0 Å². The molecule has 0 fully saturated rings. The van der Waals surface area contributed by atoms with E-state index in [2.05, 4.69) is 37.2 Å². The summed E-state index contributed by atoms with van der Waals surface area (Å²) < 4.78 is 12.4. The van der Waals surface area contributed by atoms with E-state index >= 15 is 0 Å². The molecule has 2 aromatic rings. The molecule has 0 atom stereocenters. The summed E-state index contributed by atoms with van der Waals surface area (Å²) in [6, 6.07) is 14.1. The molecule has 0 unspecified atom stereocenters. The van der Waals surface area contributed by atoms with Gasteiger partial charge in [0, 0.05) is 14.6 Å². The third-order valence-corrected chi connectivity index (χ3v) is 4.64. The standard InChI is InChI=1S/C20H15Br2N3O3/c1-2-27-18-10-13(17(22)11-19(18)28-8-7-23)9-14(12-24)20(26)25-16-5-3-15(21)4-6-16/h3-6,9-11H,2,8H2,1H3,(H,25,26)/b14-9+. The Morgan fingerprint density at radius 2 is 1.82 bits per heavy atom. The van der Waals surface area contributed by atoms with E-state index in [4.69, 9.17) is 14.7 Å². The second-order valence-corrected chi connectivity index (χ2v) is 7.10. The summed E-state index contributed by atoms with van der Waals surface area (Å²) in [6.45, 7) is 2.08. The number of nitrogens with one attached hydrogen (secondary N) is 1. The average molecular weight is 505 g/mol. The normalized spacial score (nSPS) is 10.5. The van der Waals surface area contributed by atoms with Crippen LogP contribution in [0.1, 0.15) is 12.5 Å². The van der Waals surface area contributed by atoms with Crippen LogP contribution in [-0.2, 0) is 4.79 Å². The summed E-state index contributed by atoms with van der Waals surface area (Å²) in [5, 5.41) is 20.8. The molecular weight excluding hydrogens is 490 g/mol. The Morgan fingerprint density at radius 1 is 1.14 bits per heavy atom. The first-order chi connectivity index (χ1) is 13.5. The highest BCUT2D eigenvalue weighted by Gasteiger charge is 2.14. The maximum absolute atomic E-state index is 12.4. The first-order valence-corrected chi connectivity index (χ1v) is 9.71. The van der Waals surface area contributed by atoms with E-state index < -0.39 is 5.91 Å². The van der Waals surface area contributed by atoms with Gasteiger partial charge in [-0.1, -0.05) is 31.9 Å². The number of amides is 1. The van der Waals surface area contributed by atoms with Gasteiger partial charge in [0.15, 0.2) is 18.1 Å². The fourth-order valence-electron chi connectivity index (χ4n) is 2.19. The Hall–Kier alpha value is -2.81. The number of carbonyl (C=O) groups is 1. The molecule has 2 rings (SSSR count). The van der Waals surface area contributed by atoms with Crippen LogP contribution in [0.15, 0.2) is 50.9 Å². The van der Waals surface area contributed by atoms with Crippen LogP contribution in [0.4, 0.5) is 5.69 Å². The molecule has 0 saturated heterocycles. The van der Waals surface area contributed by atoms with Crippen molar-refractivity contribution >= 4 is 49.5 Å². The monoisotopic (exact) mass is 503 g/mol. The zero-order valence-electron chi connectivity index (χ0n) is 14.8. The molecule has 8 heteroatoms. The van der Waals surface area contributed by atoms with Crippen molar-refractivity contribution in [3.63, 3.8) is 0 Å². The van der Waals surface area contributed by atoms with Crippen LogP contribution in [0.3, 0.4) is 0 Å². The summed E-state index contributed by atoms with van der Waals surface area (Å²) in [5.74, 6) is 0.280. The van der Waals surface area contributed by atoms with Crippen molar-refractivity contribution in [2.45, 2.75) is 6.92 Å². The lowest BCUT2D eigenvalue weighted by Crippen LogP contribution is -2.13. The molecule has 0 heterocycles. The number of rotatable bonds is 7. The van der Waals surface area contributed by atoms with Crippen LogP contribution in [0.5, 0.6) is 11.5 Å². The van der Waals surface area contributed by atoms with Gasteiger partial charge in [-0.25, -0.2) is 0 Å². The van der Waals surface area contributed by atoms with Gasteiger partial charge in [0.2, 0.25) is 0 Å². The van der Waals surface area contributed by atoms with E-state index in [9.17, 15) is 10.1 Å². The molecule has 0 aliphatic carbocycles. The second-order valence-electron chi connectivity index (χ2n) is 5.33. The number of carbonyl (C=O) groups excluding carboxylic acids is 1. The highest BCUT2D eigenvalue weighted by Crippen LogP contribution is 2.35. The summed E-state index contributed by atoms with van der Waals surface area (Å²) in [7, 11) is 0. The number of hydrogen-bond donors (Lipinski definition) is 1. The van der Waals surface area contributed by atoms with E-state index in [1.54, 1.807) is 36.4 Å². The Bertz CT molecular complexity index is 974. The van der Waals surface area contributed by atoms with Crippen molar-refractivity contribution in [2.75, 3.05) is 18.5 Å². The molecule has 0 aromatic heterocycles. The SMILES string of the molecule is CCOc1cc(/C=C(\C#N)C(=O)Nc2ccc(Br)cc2)c(Br)cc1OCC#N. The number of benzene rings is 2. The lowest BCUT2D eigenvalue weighted by molar-refractivity contribution is -0.112. The number of anilines is 1. The van der Waals surface area contributed by atoms with E-state index in [-0.39, 0.29) is 12.2 Å². The minimum atomic E-state index is -0.528. The quantitative estimate of drug-likeness (QED) is 0.420. The van der Waals surface area contributed by atoms with Crippen molar-refractivity contribution < 1.29 is 14.3 Å². The highest BCUT2D eigenvalue weighted by atomic mass is 79.9. The molecule has 0 radical (unpaired) electrons. The van der Waals surface area contributed by atoms with Crippen LogP contribution in [0, 0.1) is 22.7 Å². The van der Waals surface area contributed by atoms with Crippen LogP contribution in [0.2, 0.25) is 0 Å². The van der Waals surface area contributed by atoms with Crippen molar-refractivity contribution in [3.8, 4) is 23.6 Å². The zero-order chi connectivity index (χ0) is 20.5. The first kappa shape index (κ1) is 21.5. The fraction of sp³-hybridized carbons (Fsp3) is 0.150. The topological polar surface area (TPSA) is 95.1 Å². The predicted octanol–water partition coefficient (Wildman–Crippen LogP) is 5.06. The van der Waals surface area contributed by atoms with Crippen LogP contribution in [0.25, 0.3) is 6.08 Å². The maximum Gasteiger partial charge on any atom is 0.266 e. The molecule has 0 bridgehead atoms. The smallest absolute Gasteiger partial charge is 0.266 e. The van der Waals surface area contributed by atoms with Gasteiger partial charge in [0.1, 0.15) is 17.7 Å². The summed E-state index contributed by atoms with van der Waals surface area (Å²) in [5.41, 5.74) is 1.07. The van der Waals surface area contributed by atoms with Gasteiger partial charge >= 0.3 is 0 Å². The van der Waals surface area contributed by atoms with Gasteiger partial charge < -0.3 is 14.8 Å². The molecule has 28 heavy (non-hydrogen) atoms. The fourth-order valence-corrected chi connectivity index (χ4v) is 2.89. The number of hydrogen-bond acceptors (Lipinski definition) is 5. The Kier molecular flexibility index (Phi) is 8.06. The summed E-state index contributed by atoms with van der Waals surface area (Å²) in [6.07, 6.45) is 1.45. The lowest BCUT2D eigenvalue weighted by Gasteiger charge is -2.12. The second kappa shape index (κ2) is 10.5. The highest BCUT2D eigenvalue weighted by molar-refractivity contribution is 9.10. The Morgan fingerprint density at radius 3 is 2.43 bits per heavy atom. The van der Waals surface area contributed by atoms with E-state index in [1.807, 2.05) is 19.1 Å². The van der Waals surface area contributed by atoms with Crippen LogP contribution in [-0.4, -0.2) is 19.1 Å². The third-order valence-electron chi connectivity index (χ3n) is 3.42.